The summed E-state index contributed by atoms with van der Waals surface area (Å²) in [4.78, 5) is 18.0. The number of benzene rings is 1. The van der Waals surface area contributed by atoms with Crippen molar-refractivity contribution in [2.45, 2.75) is 19.7 Å². The van der Waals surface area contributed by atoms with Crippen molar-refractivity contribution in [3.05, 3.63) is 59.4 Å². The molecule has 1 aromatic carbocycles. The maximum Gasteiger partial charge on any atom is 0.410 e. The van der Waals surface area contributed by atoms with Crippen molar-refractivity contribution in [1.29, 1.82) is 0 Å². The molecule has 21 heavy (non-hydrogen) atoms. The Morgan fingerprint density at radius 3 is 2.86 bits per heavy atom. The molecule has 0 saturated heterocycles. The predicted octanol–water partition coefficient (Wildman–Crippen LogP) is 2.74. The summed E-state index contributed by atoms with van der Waals surface area (Å²) in [6.07, 6.45) is 1.34. The number of pyridine rings is 1. The maximum absolute atomic E-state index is 12.1. The van der Waals surface area contributed by atoms with Gasteiger partial charge >= 0.3 is 6.09 Å². The average molecular weight is 284 g/mol. The second-order valence-corrected chi connectivity index (χ2v) is 4.88. The first-order valence-electron chi connectivity index (χ1n) is 6.73. The van der Waals surface area contributed by atoms with Gasteiger partial charge in [0.25, 0.3) is 0 Å². The summed E-state index contributed by atoms with van der Waals surface area (Å²) < 4.78 is 10.5. The SMILES string of the molecule is COc1cnc2c(c1)CN(C(=O)OCc1ccccc1)C2. The molecule has 5 heteroatoms. The largest absolute Gasteiger partial charge is 0.495 e. The zero-order chi connectivity index (χ0) is 14.7. The van der Waals surface area contributed by atoms with E-state index < -0.39 is 0 Å². The third-order valence-corrected chi connectivity index (χ3v) is 3.44. The van der Waals surface area contributed by atoms with E-state index in [0.29, 0.717) is 18.8 Å². The fourth-order valence-electron chi connectivity index (χ4n) is 2.29. The van der Waals surface area contributed by atoms with Crippen LogP contribution in [0.25, 0.3) is 0 Å². The van der Waals surface area contributed by atoms with Crippen LogP contribution in [0.1, 0.15) is 16.8 Å². The number of methoxy groups -OCH3 is 1. The smallest absolute Gasteiger partial charge is 0.410 e. The van der Waals surface area contributed by atoms with Crippen LogP contribution in [0.15, 0.2) is 42.6 Å². The van der Waals surface area contributed by atoms with Crippen molar-refractivity contribution in [1.82, 2.24) is 9.88 Å². The Morgan fingerprint density at radius 2 is 2.10 bits per heavy atom. The number of nitrogens with zero attached hydrogens (tertiary/aromatic N) is 2. The Morgan fingerprint density at radius 1 is 1.29 bits per heavy atom. The van der Waals surface area contributed by atoms with Crippen LogP contribution in [0.5, 0.6) is 5.75 Å². The summed E-state index contributed by atoms with van der Waals surface area (Å²) in [6.45, 7) is 1.27. The van der Waals surface area contributed by atoms with E-state index in [0.717, 1.165) is 16.8 Å². The Hall–Kier alpha value is -2.56. The van der Waals surface area contributed by atoms with Crippen LogP contribution in [0.3, 0.4) is 0 Å². The van der Waals surface area contributed by atoms with Crippen molar-refractivity contribution in [2.24, 2.45) is 0 Å². The molecule has 5 nitrogen and oxygen atoms in total. The molecule has 0 radical (unpaired) electrons. The third kappa shape index (κ3) is 2.97. The third-order valence-electron chi connectivity index (χ3n) is 3.44. The molecule has 0 spiro atoms. The highest BCUT2D eigenvalue weighted by atomic mass is 16.6. The minimum absolute atomic E-state index is 0.281. The van der Waals surface area contributed by atoms with Gasteiger partial charge < -0.3 is 9.47 Å². The molecule has 1 aromatic heterocycles. The normalized spacial score (nSPS) is 12.9. The lowest BCUT2D eigenvalue weighted by atomic mass is 10.2. The van der Waals surface area contributed by atoms with E-state index in [1.165, 1.54) is 0 Å². The maximum atomic E-state index is 12.1. The van der Waals surface area contributed by atoms with Crippen molar-refractivity contribution in [3.8, 4) is 5.75 Å². The first kappa shape index (κ1) is 13.4. The molecular formula is C16H16N2O3. The van der Waals surface area contributed by atoms with Crippen LogP contribution in [0.2, 0.25) is 0 Å². The molecule has 1 aliphatic heterocycles. The van der Waals surface area contributed by atoms with Gasteiger partial charge in [0.1, 0.15) is 12.4 Å². The predicted molar refractivity (Wildman–Crippen MR) is 76.7 cm³/mol. The molecule has 0 bridgehead atoms. The molecule has 2 aromatic rings. The van der Waals surface area contributed by atoms with Gasteiger partial charge in [0, 0.05) is 0 Å². The van der Waals surface area contributed by atoms with E-state index in [9.17, 15) is 4.79 Å². The highest BCUT2D eigenvalue weighted by Crippen LogP contribution is 2.25. The Bertz CT molecular complexity index is 643. The van der Waals surface area contributed by atoms with Crippen molar-refractivity contribution >= 4 is 6.09 Å². The lowest BCUT2D eigenvalue weighted by Gasteiger charge is -2.15. The van der Waals surface area contributed by atoms with E-state index in [-0.39, 0.29) is 12.7 Å². The van der Waals surface area contributed by atoms with Gasteiger partial charge in [0.2, 0.25) is 0 Å². The van der Waals surface area contributed by atoms with Gasteiger partial charge in [0.05, 0.1) is 32.1 Å². The lowest BCUT2D eigenvalue weighted by molar-refractivity contribution is 0.0953. The Kier molecular flexibility index (Phi) is 3.73. The lowest BCUT2D eigenvalue weighted by Crippen LogP contribution is -2.26. The van der Waals surface area contributed by atoms with E-state index in [1.807, 2.05) is 36.4 Å². The summed E-state index contributed by atoms with van der Waals surface area (Å²) >= 11 is 0. The van der Waals surface area contributed by atoms with Gasteiger partial charge in [-0.25, -0.2) is 4.79 Å². The Labute approximate surface area is 123 Å². The summed E-state index contributed by atoms with van der Waals surface area (Å²) in [7, 11) is 1.60. The molecule has 0 unspecified atom stereocenters. The zero-order valence-electron chi connectivity index (χ0n) is 11.8. The van der Waals surface area contributed by atoms with E-state index >= 15 is 0 Å². The van der Waals surface area contributed by atoms with Crippen LogP contribution < -0.4 is 4.74 Å². The molecule has 2 heterocycles. The second kappa shape index (κ2) is 5.83. The minimum atomic E-state index is -0.323. The van der Waals surface area contributed by atoms with Gasteiger partial charge in [0.15, 0.2) is 0 Å². The van der Waals surface area contributed by atoms with Crippen LogP contribution in [0, 0.1) is 0 Å². The second-order valence-electron chi connectivity index (χ2n) is 4.88. The molecule has 108 valence electrons. The van der Waals surface area contributed by atoms with Gasteiger partial charge in [-0.15, -0.1) is 0 Å². The number of aromatic nitrogens is 1. The molecule has 0 N–H and O–H groups in total. The highest BCUT2D eigenvalue weighted by Gasteiger charge is 2.25. The summed E-state index contributed by atoms with van der Waals surface area (Å²) in [6, 6.07) is 11.5. The fraction of sp³-hybridized carbons (Fsp3) is 0.250. The summed E-state index contributed by atoms with van der Waals surface area (Å²) in [5, 5.41) is 0. The van der Waals surface area contributed by atoms with Crippen molar-refractivity contribution in [3.63, 3.8) is 0 Å². The topological polar surface area (TPSA) is 51.7 Å². The number of amides is 1. The number of carbonyl (C=O) groups excluding carboxylic acids is 1. The summed E-state index contributed by atoms with van der Waals surface area (Å²) in [5.41, 5.74) is 2.88. The van der Waals surface area contributed by atoms with Crippen LogP contribution in [0.4, 0.5) is 4.79 Å². The molecule has 0 fully saturated rings. The van der Waals surface area contributed by atoms with Crippen molar-refractivity contribution in [2.75, 3.05) is 7.11 Å². The van der Waals surface area contributed by atoms with Gasteiger partial charge in [-0.2, -0.15) is 0 Å². The van der Waals surface area contributed by atoms with E-state index in [2.05, 4.69) is 4.98 Å². The molecule has 0 saturated carbocycles. The first-order chi connectivity index (χ1) is 10.3. The standard InChI is InChI=1S/C16H16N2O3/c1-20-14-7-13-9-18(10-15(13)17-8-14)16(19)21-11-12-5-3-2-4-6-12/h2-8H,9-11H2,1H3. The van der Waals surface area contributed by atoms with E-state index in [4.69, 9.17) is 9.47 Å². The van der Waals surface area contributed by atoms with Crippen molar-refractivity contribution < 1.29 is 14.3 Å². The van der Waals surface area contributed by atoms with Crippen LogP contribution >= 0.6 is 0 Å². The van der Waals surface area contributed by atoms with E-state index in [1.54, 1.807) is 18.2 Å². The summed E-state index contributed by atoms with van der Waals surface area (Å²) in [5.74, 6) is 0.702. The van der Waals surface area contributed by atoms with Gasteiger partial charge in [-0.1, -0.05) is 30.3 Å². The number of hydrogen-bond donors (Lipinski definition) is 0. The number of carbonyl (C=O) groups is 1. The quantitative estimate of drug-likeness (QED) is 0.869. The number of ether oxygens (including phenoxy) is 2. The minimum Gasteiger partial charge on any atom is -0.495 e. The zero-order valence-corrected chi connectivity index (χ0v) is 11.8. The van der Waals surface area contributed by atoms with Gasteiger partial charge in [-0.3, -0.25) is 9.88 Å². The average Bonchev–Trinajstić information content (AvgIpc) is 2.96. The number of fused-ring (bicyclic) bond motifs is 1. The monoisotopic (exact) mass is 284 g/mol. The van der Waals surface area contributed by atoms with Crippen LogP contribution in [-0.4, -0.2) is 23.1 Å². The van der Waals surface area contributed by atoms with Crippen LogP contribution in [-0.2, 0) is 24.4 Å². The molecule has 3 rings (SSSR count). The molecule has 1 amide bonds. The highest BCUT2D eigenvalue weighted by molar-refractivity contribution is 5.68. The van der Waals surface area contributed by atoms with Gasteiger partial charge in [-0.05, 0) is 17.2 Å². The number of hydrogen-bond acceptors (Lipinski definition) is 4. The Balaban J connectivity index is 1.60. The molecule has 1 aliphatic rings. The molecule has 0 atom stereocenters. The molecular weight excluding hydrogens is 268 g/mol. The molecule has 0 aliphatic carbocycles. The fourth-order valence-corrected chi connectivity index (χ4v) is 2.29. The first-order valence-corrected chi connectivity index (χ1v) is 6.73. The number of rotatable bonds is 3.